The molecule has 126 valence electrons. The predicted molar refractivity (Wildman–Crippen MR) is 94.9 cm³/mol. The molecule has 0 radical (unpaired) electrons. The molecule has 4 heteroatoms. The van der Waals surface area contributed by atoms with Crippen LogP contribution in [0.3, 0.4) is 0 Å². The van der Waals surface area contributed by atoms with Crippen LogP contribution in [0, 0.1) is 0 Å². The van der Waals surface area contributed by atoms with Crippen molar-refractivity contribution in [2.75, 3.05) is 37.6 Å². The molecule has 3 rings (SSSR count). The van der Waals surface area contributed by atoms with Crippen LogP contribution in [-0.2, 0) is 11.2 Å². The first-order valence-electron chi connectivity index (χ1n) is 9.12. The molecule has 4 nitrogen and oxygen atoms in total. The minimum absolute atomic E-state index is 0.268. The summed E-state index contributed by atoms with van der Waals surface area (Å²) in [5, 5.41) is 3.42. The fourth-order valence-corrected chi connectivity index (χ4v) is 3.90. The first-order chi connectivity index (χ1) is 11.3. The lowest BCUT2D eigenvalue weighted by Gasteiger charge is -2.36. The van der Waals surface area contributed by atoms with Crippen LogP contribution in [0.1, 0.15) is 38.2 Å². The lowest BCUT2D eigenvalue weighted by Crippen LogP contribution is -2.49. The maximum absolute atomic E-state index is 13.0. The van der Waals surface area contributed by atoms with Gasteiger partial charge in [0.1, 0.15) is 0 Å². The first-order valence-corrected chi connectivity index (χ1v) is 9.12. The zero-order valence-electron chi connectivity index (χ0n) is 14.3. The van der Waals surface area contributed by atoms with E-state index in [2.05, 4.69) is 35.3 Å². The standard InChI is InChI=1S/C19H29N3O/c1-2-13-21(17-9-11-20-12-10-17)15-19(23)22-14-5-7-16-6-3-4-8-18(16)22/h3-4,6,8,17,20H,2,5,7,9-15H2,1H3. The molecule has 1 saturated heterocycles. The summed E-state index contributed by atoms with van der Waals surface area (Å²) in [6.45, 7) is 6.80. The quantitative estimate of drug-likeness (QED) is 0.906. The van der Waals surface area contributed by atoms with Gasteiger partial charge in [0.2, 0.25) is 5.91 Å². The number of rotatable bonds is 5. The SMILES string of the molecule is CCCN(CC(=O)N1CCCc2ccccc21)C1CCNCC1. The third-order valence-electron chi connectivity index (χ3n) is 5.09. The molecular weight excluding hydrogens is 286 g/mol. The molecule has 0 unspecified atom stereocenters. The molecule has 0 aliphatic carbocycles. The van der Waals surface area contributed by atoms with Gasteiger partial charge in [0, 0.05) is 18.3 Å². The lowest BCUT2D eigenvalue weighted by atomic mass is 10.0. The summed E-state index contributed by atoms with van der Waals surface area (Å²) in [4.78, 5) is 17.4. The number of carbonyl (C=O) groups is 1. The Hall–Kier alpha value is -1.39. The van der Waals surface area contributed by atoms with Crippen molar-refractivity contribution in [2.45, 2.75) is 45.1 Å². The van der Waals surface area contributed by atoms with Crippen LogP contribution in [-0.4, -0.2) is 49.6 Å². The normalized spacial score (nSPS) is 19.0. The molecule has 0 aromatic heterocycles. The first kappa shape index (κ1) is 16.5. The number of fused-ring (bicyclic) bond motifs is 1. The Morgan fingerprint density at radius 1 is 1.30 bits per heavy atom. The van der Waals surface area contributed by atoms with Gasteiger partial charge in [-0.15, -0.1) is 0 Å². The van der Waals surface area contributed by atoms with Gasteiger partial charge in [-0.25, -0.2) is 0 Å². The van der Waals surface area contributed by atoms with E-state index in [1.165, 1.54) is 5.56 Å². The summed E-state index contributed by atoms with van der Waals surface area (Å²) in [7, 11) is 0. The molecule has 2 heterocycles. The van der Waals surface area contributed by atoms with Crippen LogP contribution in [0.25, 0.3) is 0 Å². The van der Waals surface area contributed by atoms with Gasteiger partial charge in [-0.05, 0) is 63.4 Å². The molecule has 1 fully saturated rings. The number of para-hydroxylation sites is 1. The molecule has 1 aromatic carbocycles. The molecular formula is C19H29N3O. The van der Waals surface area contributed by atoms with Crippen molar-refractivity contribution in [3.05, 3.63) is 29.8 Å². The van der Waals surface area contributed by atoms with Gasteiger partial charge in [-0.2, -0.15) is 0 Å². The van der Waals surface area contributed by atoms with Gasteiger partial charge in [0.05, 0.1) is 6.54 Å². The van der Waals surface area contributed by atoms with Crippen molar-refractivity contribution in [3.63, 3.8) is 0 Å². The smallest absolute Gasteiger partial charge is 0.241 e. The molecule has 1 amide bonds. The van der Waals surface area contributed by atoms with Crippen molar-refractivity contribution >= 4 is 11.6 Å². The van der Waals surface area contributed by atoms with Gasteiger partial charge in [-0.1, -0.05) is 25.1 Å². The summed E-state index contributed by atoms with van der Waals surface area (Å²) < 4.78 is 0. The average Bonchev–Trinajstić information content (AvgIpc) is 2.61. The zero-order chi connectivity index (χ0) is 16.1. The van der Waals surface area contributed by atoms with E-state index in [-0.39, 0.29) is 5.91 Å². The number of hydrogen-bond acceptors (Lipinski definition) is 3. The Bertz CT molecular complexity index is 525. The van der Waals surface area contributed by atoms with Crippen LogP contribution in [0.2, 0.25) is 0 Å². The van der Waals surface area contributed by atoms with E-state index in [1.54, 1.807) is 0 Å². The number of carbonyl (C=O) groups excluding carboxylic acids is 1. The highest BCUT2D eigenvalue weighted by Crippen LogP contribution is 2.27. The van der Waals surface area contributed by atoms with E-state index in [9.17, 15) is 4.79 Å². The van der Waals surface area contributed by atoms with Crippen molar-refractivity contribution in [1.29, 1.82) is 0 Å². The van der Waals surface area contributed by atoms with Crippen molar-refractivity contribution in [3.8, 4) is 0 Å². The van der Waals surface area contributed by atoms with Gasteiger partial charge < -0.3 is 10.2 Å². The monoisotopic (exact) mass is 315 g/mol. The number of nitrogens with one attached hydrogen (secondary N) is 1. The lowest BCUT2D eigenvalue weighted by molar-refractivity contribution is -0.120. The molecule has 23 heavy (non-hydrogen) atoms. The van der Waals surface area contributed by atoms with Crippen LogP contribution >= 0.6 is 0 Å². The molecule has 0 bridgehead atoms. The number of piperidine rings is 1. The highest BCUT2D eigenvalue weighted by Gasteiger charge is 2.27. The highest BCUT2D eigenvalue weighted by atomic mass is 16.2. The highest BCUT2D eigenvalue weighted by molar-refractivity contribution is 5.96. The van der Waals surface area contributed by atoms with Gasteiger partial charge in [-0.3, -0.25) is 9.69 Å². The Morgan fingerprint density at radius 2 is 2.09 bits per heavy atom. The fraction of sp³-hybridized carbons (Fsp3) is 0.632. The van der Waals surface area contributed by atoms with E-state index in [4.69, 9.17) is 0 Å². The summed E-state index contributed by atoms with van der Waals surface area (Å²) in [6.07, 6.45) is 5.58. The number of hydrogen-bond donors (Lipinski definition) is 1. The van der Waals surface area contributed by atoms with E-state index in [0.29, 0.717) is 12.6 Å². The summed E-state index contributed by atoms with van der Waals surface area (Å²) in [5.74, 6) is 0.268. The molecule has 0 saturated carbocycles. The Kier molecular flexibility index (Phi) is 5.68. The van der Waals surface area contributed by atoms with E-state index in [1.807, 2.05) is 11.0 Å². The van der Waals surface area contributed by atoms with Crippen LogP contribution in [0.4, 0.5) is 5.69 Å². The van der Waals surface area contributed by atoms with E-state index in [0.717, 1.165) is 64.0 Å². The minimum Gasteiger partial charge on any atom is -0.317 e. The van der Waals surface area contributed by atoms with Crippen molar-refractivity contribution < 1.29 is 4.79 Å². The molecule has 0 atom stereocenters. The third-order valence-corrected chi connectivity index (χ3v) is 5.09. The van der Waals surface area contributed by atoms with Gasteiger partial charge >= 0.3 is 0 Å². The van der Waals surface area contributed by atoms with Gasteiger partial charge in [0.15, 0.2) is 0 Å². The molecule has 2 aliphatic rings. The summed E-state index contributed by atoms with van der Waals surface area (Å²) >= 11 is 0. The fourth-order valence-electron chi connectivity index (χ4n) is 3.90. The van der Waals surface area contributed by atoms with Crippen molar-refractivity contribution in [1.82, 2.24) is 10.2 Å². The van der Waals surface area contributed by atoms with Gasteiger partial charge in [0.25, 0.3) is 0 Å². The molecule has 2 aliphatic heterocycles. The Morgan fingerprint density at radius 3 is 2.87 bits per heavy atom. The molecule has 1 N–H and O–H groups in total. The Labute approximate surface area is 139 Å². The molecule has 0 spiro atoms. The number of aryl methyl sites for hydroxylation is 1. The Balaban J connectivity index is 1.69. The van der Waals surface area contributed by atoms with Crippen LogP contribution in [0.5, 0.6) is 0 Å². The van der Waals surface area contributed by atoms with Crippen LogP contribution < -0.4 is 10.2 Å². The summed E-state index contributed by atoms with van der Waals surface area (Å²) in [6, 6.07) is 8.93. The second-order valence-electron chi connectivity index (χ2n) is 6.73. The number of anilines is 1. The van der Waals surface area contributed by atoms with E-state index >= 15 is 0 Å². The number of amides is 1. The maximum atomic E-state index is 13.0. The third kappa shape index (κ3) is 3.93. The topological polar surface area (TPSA) is 35.6 Å². The second-order valence-corrected chi connectivity index (χ2v) is 6.73. The van der Waals surface area contributed by atoms with Crippen LogP contribution in [0.15, 0.2) is 24.3 Å². The average molecular weight is 315 g/mol. The molecule has 1 aromatic rings. The second kappa shape index (κ2) is 7.93. The minimum atomic E-state index is 0.268. The number of benzene rings is 1. The zero-order valence-corrected chi connectivity index (χ0v) is 14.3. The number of nitrogens with zero attached hydrogens (tertiary/aromatic N) is 2. The van der Waals surface area contributed by atoms with E-state index < -0.39 is 0 Å². The van der Waals surface area contributed by atoms with Crippen molar-refractivity contribution in [2.24, 2.45) is 0 Å². The maximum Gasteiger partial charge on any atom is 0.241 e. The largest absolute Gasteiger partial charge is 0.317 e. The summed E-state index contributed by atoms with van der Waals surface area (Å²) in [5.41, 5.74) is 2.45. The predicted octanol–water partition coefficient (Wildman–Crippen LogP) is 2.43.